The van der Waals surface area contributed by atoms with Gasteiger partial charge in [0.15, 0.2) is 0 Å². The highest BCUT2D eigenvalue weighted by Crippen LogP contribution is 2.26. The van der Waals surface area contributed by atoms with Crippen molar-refractivity contribution in [1.29, 1.82) is 0 Å². The molecule has 0 atom stereocenters. The van der Waals surface area contributed by atoms with E-state index in [0.29, 0.717) is 5.69 Å². The van der Waals surface area contributed by atoms with Crippen molar-refractivity contribution in [3.63, 3.8) is 0 Å². The van der Waals surface area contributed by atoms with Gasteiger partial charge in [-0.2, -0.15) is 5.10 Å². The number of para-hydroxylation sites is 1. The van der Waals surface area contributed by atoms with Gasteiger partial charge < -0.3 is 5.73 Å². The van der Waals surface area contributed by atoms with Crippen LogP contribution in [0.15, 0.2) is 35.1 Å². The Morgan fingerprint density at radius 3 is 2.79 bits per heavy atom. The Balaban J connectivity index is 2.61. The van der Waals surface area contributed by atoms with E-state index in [2.05, 4.69) is 43.6 Å². The molecule has 2 N–H and O–H groups in total. The number of rotatable bonds is 1. The maximum Gasteiger partial charge on any atom is 0.102 e. The molecule has 3 nitrogen and oxygen atoms in total. The second-order valence-corrected chi connectivity index (χ2v) is 4.88. The second-order valence-electron chi connectivity index (χ2n) is 2.78. The Morgan fingerprint density at radius 2 is 2.21 bits per heavy atom. The highest BCUT2D eigenvalue weighted by atomic mass is 127. The standard InChI is InChI=1S/C9H7BrIN3/c10-7-2-1-3-8(12)9(7)14-5-6(11)4-13-14/h1-5H,12H2. The van der Waals surface area contributed by atoms with E-state index in [1.165, 1.54) is 0 Å². The number of hydrogen-bond acceptors (Lipinski definition) is 2. The Kier molecular flexibility index (Phi) is 2.78. The Bertz CT molecular complexity index is 447. The summed E-state index contributed by atoms with van der Waals surface area (Å²) in [4.78, 5) is 0. The van der Waals surface area contributed by atoms with Crippen molar-refractivity contribution in [3.8, 4) is 5.69 Å². The summed E-state index contributed by atoms with van der Waals surface area (Å²) >= 11 is 5.66. The third kappa shape index (κ3) is 1.78. The number of anilines is 1. The quantitative estimate of drug-likeness (QED) is 0.625. The van der Waals surface area contributed by atoms with Crippen LogP contribution in [-0.4, -0.2) is 9.78 Å². The van der Waals surface area contributed by atoms with E-state index >= 15 is 0 Å². The van der Waals surface area contributed by atoms with Crippen LogP contribution in [-0.2, 0) is 0 Å². The largest absolute Gasteiger partial charge is 0.397 e. The first-order chi connectivity index (χ1) is 6.68. The molecular formula is C9H7BrIN3. The third-order valence-electron chi connectivity index (χ3n) is 1.80. The lowest BCUT2D eigenvalue weighted by atomic mass is 10.3. The average molecular weight is 364 g/mol. The maximum absolute atomic E-state index is 5.87. The summed E-state index contributed by atoms with van der Waals surface area (Å²) in [6.07, 6.45) is 3.72. The van der Waals surface area contributed by atoms with Crippen molar-refractivity contribution < 1.29 is 0 Å². The van der Waals surface area contributed by atoms with Gasteiger partial charge in [0.25, 0.3) is 0 Å². The van der Waals surface area contributed by atoms with Crippen LogP contribution in [0.3, 0.4) is 0 Å². The Hall–Kier alpha value is -0.560. The minimum absolute atomic E-state index is 0.707. The van der Waals surface area contributed by atoms with Crippen molar-refractivity contribution >= 4 is 44.2 Å². The summed E-state index contributed by atoms with van der Waals surface area (Å²) in [5.41, 5.74) is 7.46. The van der Waals surface area contributed by atoms with E-state index in [1.807, 2.05) is 24.4 Å². The van der Waals surface area contributed by atoms with Gasteiger partial charge in [-0.05, 0) is 50.7 Å². The van der Waals surface area contributed by atoms with Gasteiger partial charge in [-0.25, -0.2) is 4.68 Å². The fourth-order valence-electron chi connectivity index (χ4n) is 1.20. The molecule has 1 aromatic carbocycles. The monoisotopic (exact) mass is 363 g/mol. The summed E-state index contributed by atoms with van der Waals surface area (Å²) in [5, 5.41) is 4.21. The van der Waals surface area contributed by atoms with Gasteiger partial charge in [0, 0.05) is 10.7 Å². The summed E-state index contributed by atoms with van der Waals surface area (Å²) in [7, 11) is 0. The normalized spacial score (nSPS) is 10.4. The molecule has 2 aromatic rings. The predicted molar refractivity (Wildman–Crippen MR) is 68.4 cm³/mol. The lowest BCUT2D eigenvalue weighted by Gasteiger charge is -2.07. The predicted octanol–water partition coefficient (Wildman–Crippen LogP) is 2.82. The van der Waals surface area contributed by atoms with E-state index in [1.54, 1.807) is 10.9 Å². The highest BCUT2D eigenvalue weighted by Gasteiger charge is 2.06. The number of hydrogen-bond donors (Lipinski definition) is 1. The molecule has 2 rings (SSSR count). The fraction of sp³-hybridized carbons (Fsp3) is 0. The number of nitrogens with zero attached hydrogens (tertiary/aromatic N) is 2. The molecule has 0 fully saturated rings. The lowest BCUT2D eigenvalue weighted by Crippen LogP contribution is -2.00. The number of nitrogens with two attached hydrogens (primary N) is 1. The van der Waals surface area contributed by atoms with E-state index in [9.17, 15) is 0 Å². The SMILES string of the molecule is Nc1cccc(Br)c1-n1cc(I)cn1. The highest BCUT2D eigenvalue weighted by molar-refractivity contribution is 14.1. The molecule has 0 aliphatic carbocycles. The van der Waals surface area contributed by atoms with Crippen LogP contribution < -0.4 is 5.73 Å². The van der Waals surface area contributed by atoms with Crippen LogP contribution in [0.1, 0.15) is 0 Å². The van der Waals surface area contributed by atoms with Crippen molar-refractivity contribution in [2.75, 3.05) is 5.73 Å². The van der Waals surface area contributed by atoms with Gasteiger partial charge in [-0.15, -0.1) is 0 Å². The van der Waals surface area contributed by atoms with Crippen LogP contribution in [0.4, 0.5) is 5.69 Å². The average Bonchev–Trinajstić information content (AvgIpc) is 2.51. The number of halogens is 2. The first-order valence-electron chi connectivity index (χ1n) is 3.93. The van der Waals surface area contributed by atoms with Gasteiger partial charge in [-0.1, -0.05) is 6.07 Å². The molecule has 0 saturated heterocycles. The molecule has 1 heterocycles. The number of nitrogen functional groups attached to an aromatic ring is 1. The lowest BCUT2D eigenvalue weighted by molar-refractivity contribution is 0.878. The van der Waals surface area contributed by atoms with Crippen molar-refractivity contribution in [1.82, 2.24) is 9.78 Å². The van der Waals surface area contributed by atoms with Crippen LogP contribution in [0.5, 0.6) is 0 Å². The fourth-order valence-corrected chi connectivity index (χ4v) is 2.15. The van der Waals surface area contributed by atoms with Gasteiger partial charge in [0.1, 0.15) is 5.69 Å². The molecule has 14 heavy (non-hydrogen) atoms. The molecule has 72 valence electrons. The third-order valence-corrected chi connectivity index (χ3v) is 3.00. The molecule has 0 saturated carbocycles. The summed E-state index contributed by atoms with van der Waals surface area (Å²) in [6.45, 7) is 0. The topological polar surface area (TPSA) is 43.8 Å². The zero-order valence-corrected chi connectivity index (χ0v) is 10.9. The van der Waals surface area contributed by atoms with Crippen LogP contribution in [0.2, 0.25) is 0 Å². The number of aromatic nitrogens is 2. The molecule has 0 amide bonds. The van der Waals surface area contributed by atoms with Gasteiger partial charge in [0.2, 0.25) is 0 Å². The van der Waals surface area contributed by atoms with E-state index in [-0.39, 0.29) is 0 Å². The first kappa shape index (κ1) is 9.97. The Labute approximate surface area is 104 Å². The molecule has 0 aliphatic rings. The summed E-state index contributed by atoms with van der Waals surface area (Å²) in [5.74, 6) is 0. The van der Waals surface area contributed by atoms with Crippen molar-refractivity contribution in [3.05, 3.63) is 38.6 Å². The molecule has 0 bridgehead atoms. The van der Waals surface area contributed by atoms with E-state index < -0.39 is 0 Å². The van der Waals surface area contributed by atoms with Crippen molar-refractivity contribution in [2.45, 2.75) is 0 Å². The van der Waals surface area contributed by atoms with E-state index in [0.717, 1.165) is 13.7 Å². The van der Waals surface area contributed by atoms with Gasteiger partial charge in [-0.3, -0.25) is 0 Å². The molecule has 0 unspecified atom stereocenters. The summed E-state index contributed by atoms with van der Waals surface area (Å²) < 4.78 is 3.79. The smallest absolute Gasteiger partial charge is 0.102 e. The molecule has 5 heteroatoms. The second kappa shape index (κ2) is 3.90. The number of benzene rings is 1. The van der Waals surface area contributed by atoms with E-state index in [4.69, 9.17) is 5.73 Å². The maximum atomic E-state index is 5.87. The molecule has 0 radical (unpaired) electrons. The first-order valence-corrected chi connectivity index (χ1v) is 5.80. The minimum Gasteiger partial charge on any atom is -0.397 e. The molecular weight excluding hydrogens is 357 g/mol. The molecule has 1 aromatic heterocycles. The van der Waals surface area contributed by atoms with Gasteiger partial charge in [0.05, 0.1) is 15.5 Å². The zero-order valence-electron chi connectivity index (χ0n) is 7.11. The molecule has 0 spiro atoms. The van der Waals surface area contributed by atoms with Crippen LogP contribution in [0, 0.1) is 3.57 Å². The minimum atomic E-state index is 0.707. The molecule has 0 aliphatic heterocycles. The van der Waals surface area contributed by atoms with Gasteiger partial charge >= 0.3 is 0 Å². The Morgan fingerprint density at radius 1 is 1.43 bits per heavy atom. The van der Waals surface area contributed by atoms with Crippen LogP contribution >= 0.6 is 38.5 Å². The summed E-state index contributed by atoms with van der Waals surface area (Å²) in [6, 6.07) is 5.70. The zero-order chi connectivity index (χ0) is 10.1. The van der Waals surface area contributed by atoms with Crippen molar-refractivity contribution in [2.24, 2.45) is 0 Å². The van der Waals surface area contributed by atoms with Crippen LogP contribution in [0.25, 0.3) is 5.69 Å².